The van der Waals surface area contributed by atoms with Crippen LogP contribution in [0.3, 0.4) is 0 Å². The number of H-pyrrole nitrogens is 1. The summed E-state index contributed by atoms with van der Waals surface area (Å²) in [5.41, 5.74) is 7.44. The number of hydrogen-bond donors (Lipinski definition) is 3. The van der Waals surface area contributed by atoms with E-state index in [1.165, 1.54) is 38.5 Å². The maximum absolute atomic E-state index is 12.5. The Balaban J connectivity index is 1.16. The summed E-state index contributed by atoms with van der Waals surface area (Å²) in [6, 6.07) is 7.92. The topological polar surface area (TPSA) is 74.0 Å². The van der Waals surface area contributed by atoms with Crippen LogP contribution in [0.2, 0.25) is 0 Å². The lowest BCUT2D eigenvalue weighted by Gasteiger charge is -2.56. The summed E-state index contributed by atoms with van der Waals surface area (Å²) < 4.78 is 0. The summed E-state index contributed by atoms with van der Waals surface area (Å²) in [7, 11) is 0. The van der Waals surface area contributed by atoms with Crippen molar-refractivity contribution in [3.63, 3.8) is 0 Å². The summed E-state index contributed by atoms with van der Waals surface area (Å²) in [5, 5.41) is 1.05. The van der Waals surface area contributed by atoms with Gasteiger partial charge in [0.2, 0.25) is 11.8 Å². The van der Waals surface area contributed by atoms with Gasteiger partial charge in [-0.15, -0.1) is 0 Å². The van der Waals surface area contributed by atoms with Crippen LogP contribution >= 0.6 is 0 Å². The minimum absolute atomic E-state index is 0.0378. The fourth-order valence-electron chi connectivity index (χ4n) is 6.53. The molecule has 1 heterocycles. The Morgan fingerprint density at radius 1 is 0.963 bits per heavy atom. The van der Waals surface area contributed by atoms with Crippen LogP contribution in [0.1, 0.15) is 50.5 Å². The molecule has 0 saturated heterocycles. The first kappa shape index (κ1) is 16.8. The van der Waals surface area contributed by atoms with Crippen molar-refractivity contribution < 1.29 is 9.59 Å². The number of aromatic nitrogens is 1. The molecule has 0 radical (unpaired) electrons. The molecule has 4 bridgehead atoms. The molecule has 5 nitrogen and oxygen atoms in total. The van der Waals surface area contributed by atoms with Gasteiger partial charge in [0.15, 0.2) is 0 Å². The zero-order valence-electron chi connectivity index (χ0n) is 15.6. The van der Waals surface area contributed by atoms with Crippen LogP contribution in [0, 0.1) is 23.2 Å². The third kappa shape index (κ3) is 3.24. The summed E-state index contributed by atoms with van der Waals surface area (Å²) in [6.45, 7) is 0. The standard InChI is InChI=1S/C22H27N3O2/c26-20(8-17-13-23-19-4-2-1-3-18(17)19)24-25-21(27)12-22-9-14-5-15(10-22)7-16(6-14)11-22/h1-4,13-16,23H,5-12H2,(H,24,26)(H,25,27). The van der Waals surface area contributed by atoms with Gasteiger partial charge in [-0.3, -0.25) is 20.4 Å². The van der Waals surface area contributed by atoms with Gasteiger partial charge in [-0.2, -0.15) is 0 Å². The van der Waals surface area contributed by atoms with Crippen LogP contribution in [-0.4, -0.2) is 16.8 Å². The molecular formula is C22H27N3O2. The van der Waals surface area contributed by atoms with E-state index in [4.69, 9.17) is 0 Å². The number of rotatable bonds is 4. The molecule has 0 unspecified atom stereocenters. The number of amides is 2. The van der Waals surface area contributed by atoms with E-state index < -0.39 is 0 Å². The predicted molar refractivity (Wildman–Crippen MR) is 104 cm³/mol. The van der Waals surface area contributed by atoms with Gasteiger partial charge in [-0.05, 0) is 73.3 Å². The number of fused-ring (bicyclic) bond motifs is 1. The number of benzene rings is 1. The Kier molecular flexibility index (Phi) is 3.99. The van der Waals surface area contributed by atoms with Crippen molar-refractivity contribution in [1.29, 1.82) is 0 Å². The van der Waals surface area contributed by atoms with Crippen LogP contribution in [0.4, 0.5) is 0 Å². The van der Waals surface area contributed by atoms with E-state index in [0.717, 1.165) is 34.2 Å². The lowest BCUT2D eigenvalue weighted by Crippen LogP contribution is -2.50. The lowest BCUT2D eigenvalue weighted by atomic mass is 9.49. The fourth-order valence-corrected chi connectivity index (χ4v) is 6.53. The minimum atomic E-state index is -0.182. The number of para-hydroxylation sites is 1. The molecule has 2 amide bonds. The summed E-state index contributed by atoms with van der Waals surface area (Å²) in [6.07, 6.45) is 10.4. The zero-order chi connectivity index (χ0) is 18.4. The highest BCUT2D eigenvalue weighted by Gasteiger charge is 2.51. The Morgan fingerprint density at radius 3 is 2.30 bits per heavy atom. The quantitative estimate of drug-likeness (QED) is 0.726. The molecule has 4 fully saturated rings. The third-order valence-electron chi connectivity index (χ3n) is 7.07. The van der Waals surface area contributed by atoms with Gasteiger partial charge in [0.1, 0.15) is 0 Å². The first-order valence-corrected chi connectivity index (χ1v) is 10.2. The Hall–Kier alpha value is -2.30. The van der Waals surface area contributed by atoms with Gasteiger partial charge in [0.25, 0.3) is 0 Å². The maximum atomic E-state index is 12.5. The second-order valence-corrected chi connectivity index (χ2v) is 9.23. The first-order chi connectivity index (χ1) is 13.1. The van der Waals surface area contributed by atoms with Crippen LogP contribution in [-0.2, 0) is 16.0 Å². The molecule has 2 aromatic rings. The summed E-state index contributed by atoms with van der Waals surface area (Å²) in [4.78, 5) is 28.0. The van der Waals surface area contributed by atoms with Crippen molar-refractivity contribution in [2.24, 2.45) is 23.2 Å². The third-order valence-corrected chi connectivity index (χ3v) is 7.07. The number of hydrazine groups is 1. The Labute approximate surface area is 159 Å². The van der Waals surface area contributed by atoms with Crippen molar-refractivity contribution in [1.82, 2.24) is 15.8 Å². The number of carbonyl (C=O) groups excluding carboxylic acids is 2. The Bertz CT molecular complexity index is 849. The van der Waals surface area contributed by atoms with Crippen molar-refractivity contribution in [3.8, 4) is 0 Å². The van der Waals surface area contributed by atoms with Gasteiger partial charge in [-0.1, -0.05) is 18.2 Å². The predicted octanol–water partition coefficient (Wildman–Crippen LogP) is 3.46. The normalized spacial score (nSPS) is 31.2. The molecule has 4 aliphatic carbocycles. The van der Waals surface area contributed by atoms with Crippen LogP contribution in [0.5, 0.6) is 0 Å². The van der Waals surface area contributed by atoms with Gasteiger partial charge < -0.3 is 4.98 Å². The van der Waals surface area contributed by atoms with Crippen LogP contribution < -0.4 is 10.9 Å². The van der Waals surface area contributed by atoms with Crippen LogP contribution in [0.15, 0.2) is 30.5 Å². The highest BCUT2D eigenvalue weighted by Crippen LogP contribution is 2.61. The molecule has 4 aliphatic rings. The molecule has 1 aromatic carbocycles. The van der Waals surface area contributed by atoms with E-state index in [-0.39, 0.29) is 23.7 Å². The zero-order valence-corrected chi connectivity index (χ0v) is 15.6. The molecule has 6 rings (SSSR count). The van der Waals surface area contributed by atoms with E-state index in [1.807, 2.05) is 30.5 Å². The van der Waals surface area contributed by atoms with E-state index in [0.29, 0.717) is 6.42 Å². The largest absolute Gasteiger partial charge is 0.361 e. The molecule has 27 heavy (non-hydrogen) atoms. The SMILES string of the molecule is O=C(Cc1c[nH]c2ccccc12)NNC(=O)CC12CC3CC(CC(C3)C1)C2. The number of hydrogen-bond acceptors (Lipinski definition) is 2. The van der Waals surface area contributed by atoms with Crippen molar-refractivity contribution in [2.45, 2.75) is 51.4 Å². The van der Waals surface area contributed by atoms with Gasteiger partial charge >= 0.3 is 0 Å². The molecule has 1 aromatic heterocycles. The number of aromatic amines is 1. The highest BCUT2D eigenvalue weighted by molar-refractivity contribution is 5.89. The van der Waals surface area contributed by atoms with Crippen molar-refractivity contribution in [3.05, 3.63) is 36.0 Å². The smallest absolute Gasteiger partial charge is 0.242 e. The Morgan fingerprint density at radius 2 is 1.59 bits per heavy atom. The van der Waals surface area contributed by atoms with Gasteiger partial charge in [-0.25, -0.2) is 0 Å². The lowest BCUT2D eigenvalue weighted by molar-refractivity contribution is -0.134. The maximum Gasteiger partial charge on any atom is 0.242 e. The number of carbonyl (C=O) groups is 2. The molecule has 3 N–H and O–H groups in total. The minimum Gasteiger partial charge on any atom is -0.361 e. The van der Waals surface area contributed by atoms with Crippen LogP contribution in [0.25, 0.3) is 10.9 Å². The second kappa shape index (κ2) is 6.39. The molecule has 142 valence electrons. The van der Waals surface area contributed by atoms with Crippen molar-refractivity contribution >= 4 is 22.7 Å². The first-order valence-electron chi connectivity index (χ1n) is 10.2. The molecule has 5 heteroatoms. The molecule has 4 saturated carbocycles. The van der Waals surface area contributed by atoms with E-state index in [2.05, 4.69) is 15.8 Å². The molecule has 0 spiro atoms. The van der Waals surface area contributed by atoms with Gasteiger partial charge in [0, 0.05) is 23.5 Å². The monoisotopic (exact) mass is 365 g/mol. The van der Waals surface area contributed by atoms with Gasteiger partial charge in [0.05, 0.1) is 6.42 Å². The van der Waals surface area contributed by atoms with E-state index in [9.17, 15) is 9.59 Å². The average Bonchev–Trinajstić information content (AvgIpc) is 3.01. The highest BCUT2D eigenvalue weighted by atomic mass is 16.2. The molecular weight excluding hydrogens is 338 g/mol. The summed E-state index contributed by atoms with van der Waals surface area (Å²) in [5.74, 6) is 2.28. The number of nitrogens with one attached hydrogen (secondary N) is 3. The molecule has 0 aliphatic heterocycles. The van der Waals surface area contributed by atoms with E-state index >= 15 is 0 Å². The summed E-state index contributed by atoms with van der Waals surface area (Å²) >= 11 is 0. The molecule has 0 atom stereocenters. The average molecular weight is 365 g/mol. The van der Waals surface area contributed by atoms with Crippen molar-refractivity contribution in [2.75, 3.05) is 0 Å². The second-order valence-electron chi connectivity index (χ2n) is 9.23. The van der Waals surface area contributed by atoms with E-state index in [1.54, 1.807) is 0 Å². The fraction of sp³-hybridized carbons (Fsp3) is 0.545.